The fraction of sp³-hybridized carbons (Fsp3) is 0.300. The van der Waals surface area contributed by atoms with Crippen LogP contribution in [0.4, 0.5) is 4.39 Å². The molecular weight excluding hydrogens is 203 g/mol. The number of hydrogen-bond donors (Lipinski definition) is 0. The quantitative estimate of drug-likeness (QED) is 0.564. The standard InChI is InChI=1S/C10H11FO4/c1-13-6-15-7-3-4-8(9(11)5-7)10(12)14-2/h3-5H,6H2,1-2H3. The van der Waals surface area contributed by atoms with Gasteiger partial charge in [0.05, 0.1) is 12.7 Å². The third-order valence-corrected chi connectivity index (χ3v) is 1.69. The molecule has 0 aliphatic carbocycles. The third kappa shape index (κ3) is 2.92. The number of methoxy groups -OCH3 is 2. The summed E-state index contributed by atoms with van der Waals surface area (Å²) in [4.78, 5) is 11.0. The highest BCUT2D eigenvalue weighted by atomic mass is 19.1. The first-order valence-corrected chi connectivity index (χ1v) is 4.18. The molecule has 0 spiro atoms. The summed E-state index contributed by atoms with van der Waals surface area (Å²) in [7, 11) is 2.65. The van der Waals surface area contributed by atoms with E-state index in [2.05, 4.69) is 9.47 Å². The third-order valence-electron chi connectivity index (χ3n) is 1.69. The monoisotopic (exact) mass is 214 g/mol. The van der Waals surface area contributed by atoms with Gasteiger partial charge in [0.25, 0.3) is 0 Å². The molecule has 0 fully saturated rings. The van der Waals surface area contributed by atoms with Crippen LogP contribution in [0.1, 0.15) is 10.4 Å². The van der Waals surface area contributed by atoms with Crippen molar-refractivity contribution in [1.29, 1.82) is 0 Å². The SMILES string of the molecule is COCOc1ccc(C(=O)OC)c(F)c1. The van der Waals surface area contributed by atoms with Crippen LogP contribution in [-0.4, -0.2) is 27.0 Å². The number of carbonyl (C=O) groups is 1. The van der Waals surface area contributed by atoms with Gasteiger partial charge in [0.15, 0.2) is 6.79 Å². The van der Waals surface area contributed by atoms with Gasteiger partial charge in [-0.15, -0.1) is 0 Å². The van der Waals surface area contributed by atoms with Gasteiger partial charge < -0.3 is 14.2 Å². The Bertz CT molecular complexity index is 351. The van der Waals surface area contributed by atoms with E-state index in [0.717, 1.165) is 6.07 Å². The highest BCUT2D eigenvalue weighted by Crippen LogP contribution is 2.17. The molecule has 0 unspecified atom stereocenters. The van der Waals surface area contributed by atoms with Crippen molar-refractivity contribution in [3.63, 3.8) is 0 Å². The summed E-state index contributed by atoms with van der Waals surface area (Å²) in [6.45, 7) is 0.0248. The molecule has 0 radical (unpaired) electrons. The van der Waals surface area contributed by atoms with E-state index >= 15 is 0 Å². The maximum atomic E-state index is 13.3. The van der Waals surface area contributed by atoms with E-state index in [-0.39, 0.29) is 12.4 Å². The molecule has 1 aromatic rings. The Labute approximate surface area is 86.6 Å². The second-order valence-corrected chi connectivity index (χ2v) is 2.68. The molecule has 4 nitrogen and oxygen atoms in total. The van der Waals surface area contributed by atoms with Crippen molar-refractivity contribution in [2.45, 2.75) is 0 Å². The molecule has 0 aromatic heterocycles. The summed E-state index contributed by atoms with van der Waals surface area (Å²) in [6.07, 6.45) is 0. The van der Waals surface area contributed by atoms with Gasteiger partial charge in [-0.1, -0.05) is 0 Å². The Morgan fingerprint density at radius 3 is 2.67 bits per heavy atom. The number of carbonyl (C=O) groups excluding carboxylic acids is 1. The summed E-state index contributed by atoms with van der Waals surface area (Å²) in [5, 5.41) is 0. The second kappa shape index (κ2) is 5.31. The molecule has 5 heteroatoms. The lowest BCUT2D eigenvalue weighted by Gasteiger charge is -2.06. The summed E-state index contributed by atoms with van der Waals surface area (Å²) in [5.74, 6) is -1.11. The second-order valence-electron chi connectivity index (χ2n) is 2.68. The first-order valence-electron chi connectivity index (χ1n) is 4.18. The fourth-order valence-corrected chi connectivity index (χ4v) is 0.988. The molecule has 0 saturated carbocycles. The van der Waals surface area contributed by atoms with Crippen molar-refractivity contribution >= 4 is 5.97 Å². The highest BCUT2D eigenvalue weighted by Gasteiger charge is 2.12. The Morgan fingerprint density at radius 2 is 2.13 bits per heavy atom. The number of hydrogen-bond acceptors (Lipinski definition) is 4. The van der Waals surface area contributed by atoms with E-state index in [1.54, 1.807) is 0 Å². The predicted octanol–water partition coefficient (Wildman–Crippen LogP) is 1.60. The van der Waals surface area contributed by atoms with Crippen molar-refractivity contribution in [1.82, 2.24) is 0 Å². The lowest BCUT2D eigenvalue weighted by atomic mass is 10.2. The van der Waals surface area contributed by atoms with Crippen LogP contribution < -0.4 is 4.74 Å². The van der Waals surface area contributed by atoms with Crippen LogP contribution in [0.2, 0.25) is 0 Å². The Morgan fingerprint density at radius 1 is 1.40 bits per heavy atom. The molecule has 15 heavy (non-hydrogen) atoms. The molecule has 0 N–H and O–H groups in total. The number of halogens is 1. The maximum Gasteiger partial charge on any atom is 0.340 e. The van der Waals surface area contributed by atoms with Crippen LogP contribution in [0.25, 0.3) is 0 Å². The van der Waals surface area contributed by atoms with Crippen molar-refractivity contribution in [2.24, 2.45) is 0 Å². The Hall–Kier alpha value is -1.62. The number of esters is 1. The fourth-order valence-electron chi connectivity index (χ4n) is 0.988. The van der Waals surface area contributed by atoms with Crippen molar-refractivity contribution in [3.8, 4) is 5.75 Å². The average Bonchev–Trinajstić information content (AvgIpc) is 2.25. The van der Waals surface area contributed by atoms with E-state index in [1.165, 1.54) is 26.4 Å². The molecule has 0 bridgehead atoms. The Balaban J connectivity index is 2.83. The molecule has 82 valence electrons. The lowest BCUT2D eigenvalue weighted by molar-refractivity contribution is 0.0508. The normalized spacial score (nSPS) is 9.80. The van der Waals surface area contributed by atoms with Crippen molar-refractivity contribution < 1.29 is 23.4 Å². The van der Waals surface area contributed by atoms with E-state index in [4.69, 9.17) is 4.74 Å². The van der Waals surface area contributed by atoms with E-state index in [1.807, 2.05) is 0 Å². The van der Waals surface area contributed by atoms with E-state index < -0.39 is 11.8 Å². The van der Waals surface area contributed by atoms with Crippen LogP contribution >= 0.6 is 0 Å². The van der Waals surface area contributed by atoms with Crippen LogP contribution in [-0.2, 0) is 9.47 Å². The average molecular weight is 214 g/mol. The molecule has 1 aromatic carbocycles. The minimum absolute atomic E-state index is 0.0248. The highest BCUT2D eigenvalue weighted by molar-refractivity contribution is 5.89. The van der Waals surface area contributed by atoms with Crippen molar-refractivity contribution in [2.75, 3.05) is 21.0 Å². The minimum atomic E-state index is -0.717. The smallest absolute Gasteiger partial charge is 0.340 e. The molecule has 0 aliphatic rings. The first kappa shape index (κ1) is 11.5. The summed E-state index contributed by atoms with van der Waals surface area (Å²) in [6, 6.07) is 3.87. The molecule has 1 rings (SSSR count). The van der Waals surface area contributed by atoms with Crippen molar-refractivity contribution in [3.05, 3.63) is 29.6 Å². The molecule has 0 saturated heterocycles. The molecule has 0 heterocycles. The lowest BCUT2D eigenvalue weighted by Crippen LogP contribution is -2.05. The van der Waals surface area contributed by atoms with Gasteiger partial charge in [0, 0.05) is 13.2 Å². The van der Waals surface area contributed by atoms with Gasteiger partial charge in [-0.3, -0.25) is 0 Å². The van der Waals surface area contributed by atoms with Gasteiger partial charge in [0.2, 0.25) is 0 Å². The molecule has 0 atom stereocenters. The summed E-state index contributed by atoms with van der Waals surface area (Å²) >= 11 is 0. The minimum Gasteiger partial charge on any atom is -0.467 e. The van der Waals surface area contributed by atoms with Gasteiger partial charge in [-0.05, 0) is 12.1 Å². The number of benzene rings is 1. The van der Waals surface area contributed by atoms with Gasteiger partial charge in [-0.2, -0.15) is 0 Å². The topological polar surface area (TPSA) is 44.8 Å². The summed E-state index contributed by atoms with van der Waals surface area (Å²) < 4.78 is 27.3. The van der Waals surface area contributed by atoms with Crippen LogP contribution in [0.15, 0.2) is 18.2 Å². The zero-order chi connectivity index (χ0) is 11.3. The zero-order valence-corrected chi connectivity index (χ0v) is 8.45. The zero-order valence-electron chi connectivity index (χ0n) is 8.45. The largest absolute Gasteiger partial charge is 0.467 e. The van der Waals surface area contributed by atoms with Crippen LogP contribution in [0.3, 0.4) is 0 Å². The van der Waals surface area contributed by atoms with Gasteiger partial charge in [-0.25, -0.2) is 9.18 Å². The van der Waals surface area contributed by atoms with E-state index in [0.29, 0.717) is 5.75 Å². The number of ether oxygens (including phenoxy) is 3. The predicted molar refractivity (Wildman–Crippen MR) is 50.2 cm³/mol. The van der Waals surface area contributed by atoms with Crippen LogP contribution in [0.5, 0.6) is 5.75 Å². The molecular formula is C10H11FO4. The van der Waals surface area contributed by atoms with Gasteiger partial charge in [0.1, 0.15) is 11.6 Å². The summed E-state index contributed by atoms with van der Waals surface area (Å²) in [5.41, 5.74) is -0.123. The molecule has 0 amide bonds. The maximum absolute atomic E-state index is 13.3. The number of rotatable bonds is 4. The van der Waals surface area contributed by atoms with Gasteiger partial charge >= 0.3 is 5.97 Å². The van der Waals surface area contributed by atoms with E-state index in [9.17, 15) is 9.18 Å². The Kier molecular flexibility index (Phi) is 4.05. The molecule has 0 aliphatic heterocycles. The first-order chi connectivity index (χ1) is 7.19. The van der Waals surface area contributed by atoms with Crippen LogP contribution in [0, 0.1) is 5.82 Å².